The summed E-state index contributed by atoms with van der Waals surface area (Å²) in [6, 6.07) is 13.9. The van der Waals surface area contributed by atoms with Crippen LogP contribution in [0.1, 0.15) is 5.56 Å². The third-order valence-electron chi connectivity index (χ3n) is 2.67. The Morgan fingerprint density at radius 3 is 2.31 bits per heavy atom. The number of hydrogen-bond acceptors (Lipinski definition) is 1. The first-order chi connectivity index (χ1) is 7.72. The van der Waals surface area contributed by atoms with Gasteiger partial charge in [0.15, 0.2) is 0 Å². The summed E-state index contributed by atoms with van der Waals surface area (Å²) in [7, 11) is 1.67. The minimum atomic E-state index is 0.799. The summed E-state index contributed by atoms with van der Waals surface area (Å²) in [6.45, 7) is 2.03. The molecule has 0 unspecified atom stereocenters. The van der Waals surface area contributed by atoms with Crippen LogP contribution in [0.2, 0.25) is 5.02 Å². The third-order valence-corrected chi connectivity index (χ3v) is 3.08. The van der Waals surface area contributed by atoms with E-state index >= 15 is 0 Å². The zero-order valence-corrected chi connectivity index (χ0v) is 10.1. The number of benzene rings is 2. The minimum absolute atomic E-state index is 0.799. The molecule has 0 aliphatic rings. The molecule has 1 nitrogen and oxygen atoms in total. The molecule has 0 spiro atoms. The van der Waals surface area contributed by atoms with E-state index in [4.69, 9.17) is 16.3 Å². The average molecular weight is 233 g/mol. The molecule has 0 saturated carbocycles. The van der Waals surface area contributed by atoms with E-state index in [0.717, 1.165) is 27.5 Å². The van der Waals surface area contributed by atoms with Crippen molar-refractivity contribution in [1.82, 2.24) is 0 Å². The van der Waals surface area contributed by atoms with Gasteiger partial charge in [-0.3, -0.25) is 0 Å². The lowest BCUT2D eigenvalue weighted by Crippen LogP contribution is -1.85. The molecular weight excluding hydrogens is 220 g/mol. The molecule has 0 amide bonds. The number of halogens is 1. The lowest BCUT2D eigenvalue weighted by atomic mass is 10.0. The van der Waals surface area contributed by atoms with Crippen LogP contribution in [0.25, 0.3) is 11.1 Å². The van der Waals surface area contributed by atoms with Crippen LogP contribution in [0.5, 0.6) is 5.75 Å². The Labute approximate surface area is 101 Å². The summed E-state index contributed by atoms with van der Waals surface area (Å²) in [6.07, 6.45) is 0. The van der Waals surface area contributed by atoms with Crippen LogP contribution in [0.15, 0.2) is 42.5 Å². The van der Waals surface area contributed by atoms with Gasteiger partial charge in [-0.15, -0.1) is 0 Å². The van der Waals surface area contributed by atoms with Crippen molar-refractivity contribution in [3.63, 3.8) is 0 Å². The summed E-state index contributed by atoms with van der Waals surface area (Å²) in [4.78, 5) is 0. The normalized spacial score (nSPS) is 10.2. The SMILES string of the molecule is COc1ccc(-c2cccc(Cl)c2C)cc1. The maximum Gasteiger partial charge on any atom is 0.118 e. The summed E-state index contributed by atoms with van der Waals surface area (Å²) in [5.41, 5.74) is 3.42. The van der Waals surface area contributed by atoms with Gasteiger partial charge in [0.05, 0.1) is 7.11 Å². The van der Waals surface area contributed by atoms with Crippen molar-refractivity contribution in [2.45, 2.75) is 6.92 Å². The second kappa shape index (κ2) is 4.58. The van der Waals surface area contributed by atoms with Gasteiger partial charge >= 0.3 is 0 Å². The first-order valence-electron chi connectivity index (χ1n) is 5.12. The molecule has 2 aromatic carbocycles. The standard InChI is InChI=1S/C14H13ClO/c1-10-13(4-3-5-14(10)15)11-6-8-12(16-2)9-7-11/h3-9H,1-2H3. The van der Waals surface area contributed by atoms with E-state index in [-0.39, 0.29) is 0 Å². The average Bonchev–Trinajstić information content (AvgIpc) is 2.33. The second-order valence-corrected chi connectivity index (χ2v) is 4.05. The fraction of sp³-hybridized carbons (Fsp3) is 0.143. The lowest BCUT2D eigenvalue weighted by molar-refractivity contribution is 0.415. The molecule has 0 saturated heterocycles. The maximum atomic E-state index is 6.10. The van der Waals surface area contributed by atoms with E-state index in [1.54, 1.807) is 7.11 Å². The van der Waals surface area contributed by atoms with Gasteiger partial charge in [0, 0.05) is 5.02 Å². The van der Waals surface area contributed by atoms with Gasteiger partial charge in [-0.1, -0.05) is 35.9 Å². The van der Waals surface area contributed by atoms with Gasteiger partial charge in [-0.05, 0) is 41.8 Å². The smallest absolute Gasteiger partial charge is 0.118 e. The summed E-state index contributed by atoms with van der Waals surface area (Å²) in [5, 5.41) is 0.799. The zero-order valence-electron chi connectivity index (χ0n) is 9.33. The molecule has 0 aromatic heterocycles. The molecule has 0 bridgehead atoms. The van der Waals surface area contributed by atoms with Crippen molar-refractivity contribution in [3.05, 3.63) is 53.1 Å². The zero-order chi connectivity index (χ0) is 11.5. The predicted molar refractivity (Wildman–Crippen MR) is 68.2 cm³/mol. The topological polar surface area (TPSA) is 9.23 Å². The van der Waals surface area contributed by atoms with Crippen LogP contribution in [-0.4, -0.2) is 7.11 Å². The number of rotatable bonds is 2. The molecule has 0 aliphatic carbocycles. The molecule has 0 aliphatic heterocycles. The fourth-order valence-corrected chi connectivity index (χ4v) is 1.87. The molecule has 16 heavy (non-hydrogen) atoms. The highest BCUT2D eigenvalue weighted by atomic mass is 35.5. The maximum absolute atomic E-state index is 6.10. The van der Waals surface area contributed by atoms with Crippen molar-refractivity contribution >= 4 is 11.6 Å². The Bertz CT molecular complexity index is 489. The summed E-state index contributed by atoms with van der Waals surface area (Å²) >= 11 is 6.10. The van der Waals surface area contributed by atoms with Crippen molar-refractivity contribution in [1.29, 1.82) is 0 Å². The predicted octanol–water partition coefficient (Wildman–Crippen LogP) is 4.32. The van der Waals surface area contributed by atoms with Crippen LogP contribution in [-0.2, 0) is 0 Å². The van der Waals surface area contributed by atoms with E-state index in [1.165, 1.54) is 0 Å². The lowest BCUT2D eigenvalue weighted by Gasteiger charge is -2.08. The molecule has 0 N–H and O–H groups in total. The van der Waals surface area contributed by atoms with Crippen LogP contribution in [0.4, 0.5) is 0 Å². The van der Waals surface area contributed by atoms with E-state index in [0.29, 0.717) is 0 Å². The van der Waals surface area contributed by atoms with Gasteiger partial charge in [-0.2, -0.15) is 0 Å². The van der Waals surface area contributed by atoms with Crippen LogP contribution in [0.3, 0.4) is 0 Å². The Kier molecular flexibility index (Phi) is 3.16. The van der Waals surface area contributed by atoms with Crippen LogP contribution in [0, 0.1) is 6.92 Å². The first kappa shape index (κ1) is 11.0. The molecule has 82 valence electrons. The van der Waals surface area contributed by atoms with E-state index < -0.39 is 0 Å². The van der Waals surface area contributed by atoms with Crippen molar-refractivity contribution in [2.24, 2.45) is 0 Å². The largest absolute Gasteiger partial charge is 0.497 e. The molecule has 2 rings (SSSR count). The van der Waals surface area contributed by atoms with E-state index in [1.807, 2.05) is 43.3 Å². The van der Waals surface area contributed by atoms with Crippen LogP contribution < -0.4 is 4.74 Å². The van der Waals surface area contributed by atoms with E-state index in [9.17, 15) is 0 Å². The number of ether oxygens (including phenoxy) is 1. The summed E-state index contributed by atoms with van der Waals surface area (Å²) in [5.74, 6) is 0.864. The fourth-order valence-electron chi connectivity index (χ4n) is 1.69. The molecular formula is C14H13ClO. The highest BCUT2D eigenvalue weighted by Crippen LogP contribution is 2.29. The van der Waals surface area contributed by atoms with Gasteiger partial charge in [-0.25, -0.2) is 0 Å². The van der Waals surface area contributed by atoms with Crippen LogP contribution >= 0.6 is 11.6 Å². The van der Waals surface area contributed by atoms with Gasteiger partial charge in [0.2, 0.25) is 0 Å². The quantitative estimate of drug-likeness (QED) is 0.749. The van der Waals surface area contributed by atoms with Crippen molar-refractivity contribution in [3.8, 4) is 16.9 Å². The summed E-state index contributed by atoms with van der Waals surface area (Å²) < 4.78 is 5.13. The van der Waals surface area contributed by atoms with Gasteiger partial charge in [0.25, 0.3) is 0 Å². The Morgan fingerprint density at radius 1 is 1.00 bits per heavy atom. The molecule has 2 aromatic rings. The van der Waals surface area contributed by atoms with Gasteiger partial charge < -0.3 is 4.74 Å². The second-order valence-electron chi connectivity index (χ2n) is 3.64. The van der Waals surface area contributed by atoms with Crippen molar-refractivity contribution < 1.29 is 4.74 Å². The highest BCUT2D eigenvalue weighted by Gasteiger charge is 2.04. The number of methoxy groups -OCH3 is 1. The number of hydrogen-bond donors (Lipinski definition) is 0. The highest BCUT2D eigenvalue weighted by molar-refractivity contribution is 6.31. The van der Waals surface area contributed by atoms with E-state index in [2.05, 4.69) is 6.07 Å². The Morgan fingerprint density at radius 2 is 1.69 bits per heavy atom. The first-order valence-corrected chi connectivity index (χ1v) is 5.49. The molecule has 0 heterocycles. The Balaban J connectivity index is 2.46. The Hall–Kier alpha value is -1.47. The van der Waals surface area contributed by atoms with Crippen molar-refractivity contribution in [2.75, 3.05) is 7.11 Å². The third kappa shape index (κ3) is 2.05. The molecule has 0 fully saturated rings. The molecule has 0 atom stereocenters. The minimum Gasteiger partial charge on any atom is -0.497 e. The monoisotopic (exact) mass is 232 g/mol. The molecule has 0 radical (unpaired) electrons. The van der Waals surface area contributed by atoms with Gasteiger partial charge in [0.1, 0.15) is 5.75 Å². The molecule has 2 heteroatoms.